The number of nitrogens with zero attached hydrogens (tertiary/aromatic N) is 3. The SMILES string of the molecule is C=CCn1c(CC2CCCCC2)nnc1SCC(=O)Nc1cccc(Cl)c1Cl. The monoisotopic (exact) mass is 438 g/mol. The maximum atomic E-state index is 12.3. The number of hydrogen-bond acceptors (Lipinski definition) is 4. The molecule has 8 heteroatoms. The number of carbonyl (C=O) groups excluding carboxylic acids is 1. The highest BCUT2D eigenvalue weighted by molar-refractivity contribution is 7.99. The third-order valence-corrected chi connectivity index (χ3v) is 6.64. The van der Waals surface area contributed by atoms with Crippen molar-refractivity contribution in [2.75, 3.05) is 11.1 Å². The van der Waals surface area contributed by atoms with E-state index in [2.05, 4.69) is 26.7 Å². The summed E-state index contributed by atoms with van der Waals surface area (Å²) in [6.45, 7) is 4.48. The summed E-state index contributed by atoms with van der Waals surface area (Å²) >= 11 is 13.5. The molecule has 2 aromatic rings. The first-order valence-electron chi connectivity index (χ1n) is 9.48. The highest BCUT2D eigenvalue weighted by atomic mass is 35.5. The summed E-state index contributed by atoms with van der Waals surface area (Å²) in [5, 5.41) is 13.0. The second-order valence-corrected chi connectivity index (χ2v) is 8.67. The van der Waals surface area contributed by atoms with Gasteiger partial charge in [-0.15, -0.1) is 16.8 Å². The van der Waals surface area contributed by atoms with E-state index in [1.165, 1.54) is 43.9 Å². The fraction of sp³-hybridized carbons (Fsp3) is 0.450. The van der Waals surface area contributed by atoms with Crippen LogP contribution in [0.25, 0.3) is 0 Å². The fourth-order valence-electron chi connectivity index (χ4n) is 3.46. The molecule has 1 aromatic carbocycles. The van der Waals surface area contributed by atoms with Crippen LogP contribution in [0, 0.1) is 5.92 Å². The number of halogens is 2. The van der Waals surface area contributed by atoms with Crippen LogP contribution in [0.15, 0.2) is 36.0 Å². The van der Waals surface area contributed by atoms with Crippen LogP contribution < -0.4 is 5.32 Å². The summed E-state index contributed by atoms with van der Waals surface area (Å²) in [7, 11) is 0. The molecule has 0 spiro atoms. The van der Waals surface area contributed by atoms with Crippen LogP contribution in [0.2, 0.25) is 10.0 Å². The van der Waals surface area contributed by atoms with E-state index in [0.717, 1.165) is 17.4 Å². The normalized spacial score (nSPS) is 14.8. The van der Waals surface area contributed by atoms with Gasteiger partial charge in [0.25, 0.3) is 0 Å². The van der Waals surface area contributed by atoms with Crippen LogP contribution in [0.5, 0.6) is 0 Å². The molecule has 150 valence electrons. The van der Waals surface area contributed by atoms with Crippen molar-refractivity contribution in [1.29, 1.82) is 0 Å². The Balaban J connectivity index is 1.62. The highest BCUT2D eigenvalue weighted by Crippen LogP contribution is 2.30. The largest absolute Gasteiger partial charge is 0.324 e. The number of hydrogen-bond donors (Lipinski definition) is 1. The Morgan fingerprint density at radius 2 is 2.07 bits per heavy atom. The molecule has 0 radical (unpaired) electrons. The van der Waals surface area contributed by atoms with Crippen LogP contribution in [-0.2, 0) is 17.8 Å². The Labute approximate surface area is 179 Å². The summed E-state index contributed by atoms with van der Waals surface area (Å²) in [4.78, 5) is 12.3. The van der Waals surface area contributed by atoms with E-state index in [9.17, 15) is 4.79 Å². The van der Waals surface area contributed by atoms with E-state index in [0.29, 0.717) is 28.2 Å². The Kier molecular flexibility index (Phi) is 7.82. The van der Waals surface area contributed by atoms with Gasteiger partial charge in [0.1, 0.15) is 5.82 Å². The first-order valence-corrected chi connectivity index (χ1v) is 11.2. The number of carbonyl (C=O) groups is 1. The summed E-state index contributed by atoms with van der Waals surface area (Å²) in [5.41, 5.74) is 0.505. The zero-order chi connectivity index (χ0) is 19.9. The molecule has 1 saturated carbocycles. The lowest BCUT2D eigenvalue weighted by atomic mass is 9.87. The number of rotatable bonds is 8. The van der Waals surface area contributed by atoms with Gasteiger partial charge in [-0.3, -0.25) is 4.79 Å². The predicted molar refractivity (Wildman–Crippen MR) is 116 cm³/mol. The Morgan fingerprint density at radius 1 is 1.29 bits per heavy atom. The van der Waals surface area contributed by atoms with Gasteiger partial charge in [0.15, 0.2) is 5.16 Å². The van der Waals surface area contributed by atoms with E-state index in [1.54, 1.807) is 18.2 Å². The third-order valence-electron chi connectivity index (χ3n) is 4.86. The Bertz CT molecular complexity index is 834. The minimum Gasteiger partial charge on any atom is -0.324 e. The van der Waals surface area contributed by atoms with Gasteiger partial charge in [-0.05, 0) is 18.1 Å². The van der Waals surface area contributed by atoms with Crippen molar-refractivity contribution >= 4 is 46.6 Å². The molecule has 0 aliphatic heterocycles. The number of amides is 1. The summed E-state index contributed by atoms with van der Waals surface area (Å²) in [5.74, 6) is 1.69. The van der Waals surface area contributed by atoms with E-state index in [-0.39, 0.29) is 11.7 Å². The van der Waals surface area contributed by atoms with Crippen molar-refractivity contribution in [2.45, 2.75) is 50.2 Å². The molecule has 1 heterocycles. The standard InChI is InChI=1S/C20H24Cl2N4OS/c1-2-11-26-17(12-14-7-4-3-5-8-14)24-25-20(26)28-13-18(27)23-16-10-6-9-15(21)19(16)22/h2,6,9-10,14H,1,3-5,7-8,11-13H2,(H,23,27). The van der Waals surface area contributed by atoms with Crippen molar-refractivity contribution in [3.05, 3.63) is 46.7 Å². The van der Waals surface area contributed by atoms with Crippen molar-refractivity contribution in [2.24, 2.45) is 5.92 Å². The van der Waals surface area contributed by atoms with Crippen molar-refractivity contribution in [1.82, 2.24) is 14.8 Å². The van der Waals surface area contributed by atoms with Gasteiger partial charge in [-0.25, -0.2) is 0 Å². The van der Waals surface area contributed by atoms with Crippen LogP contribution in [0.1, 0.15) is 37.9 Å². The van der Waals surface area contributed by atoms with Gasteiger partial charge in [0.05, 0.1) is 21.5 Å². The molecule has 0 atom stereocenters. The molecule has 28 heavy (non-hydrogen) atoms. The maximum Gasteiger partial charge on any atom is 0.234 e. The molecule has 5 nitrogen and oxygen atoms in total. The van der Waals surface area contributed by atoms with E-state index < -0.39 is 0 Å². The average Bonchev–Trinajstić information content (AvgIpc) is 3.06. The minimum atomic E-state index is -0.170. The second-order valence-electron chi connectivity index (χ2n) is 6.94. The van der Waals surface area contributed by atoms with E-state index in [1.807, 2.05) is 6.08 Å². The van der Waals surface area contributed by atoms with E-state index in [4.69, 9.17) is 23.2 Å². The van der Waals surface area contributed by atoms with Gasteiger partial charge in [-0.1, -0.05) is 79.2 Å². The third kappa shape index (κ3) is 5.52. The number of aromatic nitrogens is 3. The van der Waals surface area contributed by atoms with Crippen molar-refractivity contribution in [3.8, 4) is 0 Å². The smallest absolute Gasteiger partial charge is 0.234 e. The molecule has 1 amide bonds. The molecule has 0 bridgehead atoms. The highest BCUT2D eigenvalue weighted by Gasteiger charge is 2.20. The zero-order valence-corrected chi connectivity index (χ0v) is 18.0. The molecule has 1 aliphatic carbocycles. The predicted octanol–water partition coefficient (Wildman–Crippen LogP) is 5.62. The average molecular weight is 439 g/mol. The second kappa shape index (κ2) is 10.3. The van der Waals surface area contributed by atoms with E-state index >= 15 is 0 Å². The van der Waals surface area contributed by atoms with Gasteiger partial charge in [0, 0.05) is 13.0 Å². The molecular weight excluding hydrogens is 415 g/mol. The van der Waals surface area contributed by atoms with Gasteiger partial charge in [0.2, 0.25) is 5.91 Å². The molecule has 0 saturated heterocycles. The first-order chi connectivity index (χ1) is 13.6. The summed E-state index contributed by atoms with van der Waals surface area (Å²) in [6, 6.07) is 5.15. The fourth-order valence-corrected chi connectivity index (χ4v) is 4.57. The lowest BCUT2D eigenvalue weighted by molar-refractivity contribution is -0.113. The van der Waals surface area contributed by atoms with Gasteiger partial charge < -0.3 is 9.88 Å². The Morgan fingerprint density at radius 3 is 2.82 bits per heavy atom. The topological polar surface area (TPSA) is 59.8 Å². The Hall–Kier alpha value is -1.50. The number of nitrogens with one attached hydrogen (secondary N) is 1. The summed E-state index contributed by atoms with van der Waals surface area (Å²) in [6.07, 6.45) is 9.22. The molecule has 1 fully saturated rings. The lowest BCUT2D eigenvalue weighted by Crippen LogP contribution is -2.16. The molecular formula is C20H24Cl2N4OS. The van der Waals surface area contributed by atoms with Crippen molar-refractivity contribution in [3.63, 3.8) is 0 Å². The molecule has 1 N–H and O–H groups in total. The molecule has 3 rings (SSSR count). The number of allylic oxidation sites excluding steroid dienone is 1. The van der Waals surface area contributed by atoms with Gasteiger partial charge >= 0.3 is 0 Å². The number of thioether (sulfide) groups is 1. The number of benzene rings is 1. The zero-order valence-electron chi connectivity index (χ0n) is 15.7. The van der Waals surface area contributed by atoms with Crippen LogP contribution in [-0.4, -0.2) is 26.4 Å². The van der Waals surface area contributed by atoms with Crippen molar-refractivity contribution < 1.29 is 4.79 Å². The van der Waals surface area contributed by atoms with Gasteiger partial charge in [-0.2, -0.15) is 0 Å². The molecule has 1 aromatic heterocycles. The number of anilines is 1. The first kappa shape index (κ1) is 21.2. The van der Waals surface area contributed by atoms with Crippen LogP contribution in [0.3, 0.4) is 0 Å². The summed E-state index contributed by atoms with van der Waals surface area (Å²) < 4.78 is 2.06. The quantitative estimate of drug-likeness (QED) is 0.428. The van der Waals surface area contributed by atoms with Crippen LogP contribution in [0.4, 0.5) is 5.69 Å². The van der Waals surface area contributed by atoms with Crippen LogP contribution >= 0.6 is 35.0 Å². The lowest BCUT2D eigenvalue weighted by Gasteiger charge is -2.21. The molecule has 1 aliphatic rings. The minimum absolute atomic E-state index is 0.170. The maximum absolute atomic E-state index is 12.3. The molecule has 0 unspecified atom stereocenters.